The Kier molecular flexibility index (Phi) is 5.97. The first-order valence-electron chi connectivity index (χ1n) is 13.7. The number of carbonyl (C=O) groups is 2. The molecule has 3 aliphatic heterocycles. The van der Waals surface area contributed by atoms with Crippen molar-refractivity contribution in [1.29, 1.82) is 0 Å². The molecule has 5 heterocycles. The molecule has 2 aromatic heterocycles. The number of piperazine rings is 1. The molecule has 7 rings (SSSR count). The third-order valence-corrected chi connectivity index (χ3v) is 8.76. The van der Waals surface area contributed by atoms with Crippen LogP contribution < -0.4 is 9.64 Å². The molecular formula is C29H28ClFN6O4. The number of aromatic nitrogens is 3. The van der Waals surface area contributed by atoms with Gasteiger partial charge in [0.2, 0.25) is 5.91 Å². The smallest absolute Gasteiger partial charge is 0.261 e. The van der Waals surface area contributed by atoms with Gasteiger partial charge in [-0.15, -0.1) is 0 Å². The summed E-state index contributed by atoms with van der Waals surface area (Å²) in [5, 5.41) is 15.4. The molecule has 212 valence electrons. The molecule has 41 heavy (non-hydrogen) atoms. The maximum Gasteiger partial charge on any atom is 0.261 e. The number of aromatic hydroxyl groups is 1. The van der Waals surface area contributed by atoms with Crippen molar-refractivity contribution in [2.24, 2.45) is 0 Å². The van der Waals surface area contributed by atoms with Gasteiger partial charge < -0.3 is 24.5 Å². The van der Waals surface area contributed by atoms with E-state index >= 15 is 4.39 Å². The van der Waals surface area contributed by atoms with Gasteiger partial charge in [0, 0.05) is 37.9 Å². The quantitative estimate of drug-likeness (QED) is 0.465. The van der Waals surface area contributed by atoms with Gasteiger partial charge in [-0.1, -0.05) is 24.2 Å². The van der Waals surface area contributed by atoms with Crippen molar-refractivity contribution in [2.45, 2.75) is 44.4 Å². The number of phenols is 1. The van der Waals surface area contributed by atoms with Crippen LogP contribution in [-0.4, -0.2) is 73.8 Å². The summed E-state index contributed by atoms with van der Waals surface area (Å²) in [7, 11) is 0. The Morgan fingerprint density at radius 3 is 2.73 bits per heavy atom. The van der Waals surface area contributed by atoms with Gasteiger partial charge in [0.1, 0.15) is 40.3 Å². The van der Waals surface area contributed by atoms with Gasteiger partial charge in [-0.2, -0.15) is 5.10 Å². The molecule has 12 heteroatoms. The molecule has 0 unspecified atom stereocenters. The number of anilines is 1. The minimum Gasteiger partial charge on any atom is -0.507 e. The molecule has 0 bridgehead atoms. The van der Waals surface area contributed by atoms with Crippen LogP contribution in [0.2, 0.25) is 5.02 Å². The third kappa shape index (κ3) is 4.05. The van der Waals surface area contributed by atoms with Crippen molar-refractivity contribution in [1.82, 2.24) is 24.6 Å². The SMILES string of the molecule is C=CC(=O)N1CCN2C(=O)c3c(N4Cc5cn(C6CC6)nc5[C@@H]4C)nc(-c4c(O)cccc4F)c(Cl)c3OC[C@H]2C1. The fourth-order valence-corrected chi connectivity index (χ4v) is 6.35. The molecule has 0 radical (unpaired) electrons. The van der Waals surface area contributed by atoms with E-state index in [1.807, 2.05) is 22.7 Å². The molecule has 2 fully saturated rings. The number of pyridine rings is 1. The summed E-state index contributed by atoms with van der Waals surface area (Å²) in [5.41, 5.74) is 1.90. The number of fused-ring (bicyclic) bond motifs is 3. The molecule has 1 aromatic carbocycles. The van der Waals surface area contributed by atoms with E-state index in [2.05, 4.69) is 6.58 Å². The molecule has 3 aromatic rings. The van der Waals surface area contributed by atoms with Crippen LogP contribution in [0, 0.1) is 5.82 Å². The van der Waals surface area contributed by atoms with Gasteiger partial charge in [0.15, 0.2) is 5.75 Å². The van der Waals surface area contributed by atoms with Gasteiger partial charge in [-0.3, -0.25) is 14.3 Å². The van der Waals surface area contributed by atoms with E-state index in [-0.39, 0.29) is 70.2 Å². The largest absolute Gasteiger partial charge is 0.507 e. The molecule has 2 atom stereocenters. The topological polar surface area (TPSA) is 104 Å². The number of nitrogens with zero attached hydrogens (tertiary/aromatic N) is 6. The van der Waals surface area contributed by atoms with Crippen LogP contribution in [0.5, 0.6) is 11.5 Å². The zero-order chi connectivity index (χ0) is 28.6. The summed E-state index contributed by atoms with van der Waals surface area (Å²) in [6.07, 6.45) is 5.52. The molecule has 1 aliphatic carbocycles. The Morgan fingerprint density at radius 2 is 2.02 bits per heavy atom. The average Bonchev–Trinajstić information content (AvgIpc) is 3.68. The molecular weight excluding hydrogens is 551 g/mol. The van der Waals surface area contributed by atoms with Crippen molar-refractivity contribution in [3.63, 3.8) is 0 Å². The van der Waals surface area contributed by atoms with E-state index in [4.69, 9.17) is 26.4 Å². The highest BCUT2D eigenvalue weighted by atomic mass is 35.5. The second-order valence-corrected chi connectivity index (χ2v) is 11.3. The van der Waals surface area contributed by atoms with E-state index in [0.717, 1.165) is 24.1 Å². The number of ether oxygens (including phenoxy) is 1. The second-order valence-electron chi connectivity index (χ2n) is 10.9. The number of hydrogen-bond acceptors (Lipinski definition) is 7. The van der Waals surface area contributed by atoms with E-state index in [1.54, 1.807) is 9.80 Å². The molecule has 10 nitrogen and oxygen atoms in total. The van der Waals surface area contributed by atoms with Crippen molar-refractivity contribution < 1.29 is 23.8 Å². The zero-order valence-corrected chi connectivity index (χ0v) is 23.1. The normalized spacial score (nSPS) is 21.6. The number of rotatable bonds is 4. The number of carbonyl (C=O) groups excluding carboxylic acids is 2. The predicted molar refractivity (Wildman–Crippen MR) is 148 cm³/mol. The van der Waals surface area contributed by atoms with E-state index in [9.17, 15) is 14.7 Å². The summed E-state index contributed by atoms with van der Waals surface area (Å²) in [6.45, 7) is 6.98. The Labute approximate surface area is 240 Å². The molecule has 1 saturated carbocycles. The summed E-state index contributed by atoms with van der Waals surface area (Å²) >= 11 is 6.84. The first kappa shape index (κ1) is 25.8. The summed E-state index contributed by atoms with van der Waals surface area (Å²) in [5.74, 6) is -1.24. The lowest BCUT2D eigenvalue weighted by molar-refractivity contribution is -0.128. The van der Waals surface area contributed by atoms with Crippen molar-refractivity contribution in [2.75, 3.05) is 31.1 Å². The van der Waals surface area contributed by atoms with Gasteiger partial charge >= 0.3 is 0 Å². The Balaban J connectivity index is 1.36. The van der Waals surface area contributed by atoms with Crippen LogP contribution in [0.15, 0.2) is 37.1 Å². The number of phenolic OH excluding ortho intramolecular Hbond substituents is 1. The zero-order valence-electron chi connectivity index (χ0n) is 22.4. The van der Waals surface area contributed by atoms with E-state index in [0.29, 0.717) is 25.7 Å². The predicted octanol–water partition coefficient (Wildman–Crippen LogP) is 4.09. The van der Waals surface area contributed by atoms with Crippen LogP contribution in [0.4, 0.5) is 10.2 Å². The average molecular weight is 579 g/mol. The minimum absolute atomic E-state index is 0.0214. The lowest BCUT2D eigenvalue weighted by Crippen LogP contribution is -2.57. The van der Waals surface area contributed by atoms with Crippen molar-refractivity contribution >= 4 is 29.2 Å². The minimum atomic E-state index is -0.709. The number of amides is 2. The fourth-order valence-electron chi connectivity index (χ4n) is 6.07. The summed E-state index contributed by atoms with van der Waals surface area (Å²) in [4.78, 5) is 36.6. The van der Waals surface area contributed by atoms with Gasteiger partial charge in [0.05, 0.1) is 29.4 Å². The third-order valence-electron chi connectivity index (χ3n) is 8.41. The first-order valence-corrected chi connectivity index (χ1v) is 14.1. The second kappa shape index (κ2) is 9.47. The maximum atomic E-state index is 15.1. The highest BCUT2D eigenvalue weighted by Crippen LogP contribution is 2.49. The Bertz CT molecular complexity index is 1600. The molecule has 0 spiro atoms. The van der Waals surface area contributed by atoms with Crippen LogP contribution in [0.3, 0.4) is 0 Å². The van der Waals surface area contributed by atoms with Crippen molar-refractivity contribution in [3.8, 4) is 22.8 Å². The summed E-state index contributed by atoms with van der Waals surface area (Å²) < 4.78 is 23.4. The Morgan fingerprint density at radius 1 is 1.22 bits per heavy atom. The van der Waals surface area contributed by atoms with Gasteiger partial charge in [-0.05, 0) is 38.0 Å². The summed E-state index contributed by atoms with van der Waals surface area (Å²) in [6, 6.07) is 3.72. The molecule has 4 aliphatic rings. The van der Waals surface area contributed by atoms with Crippen LogP contribution >= 0.6 is 11.6 Å². The molecule has 2 amide bonds. The first-order chi connectivity index (χ1) is 19.8. The molecule has 1 N–H and O–H groups in total. The Hall–Kier alpha value is -4.12. The lowest BCUT2D eigenvalue weighted by atomic mass is 10.0. The fraction of sp³-hybridized carbons (Fsp3) is 0.379. The molecule has 1 saturated heterocycles. The lowest BCUT2D eigenvalue weighted by Gasteiger charge is -2.39. The van der Waals surface area contributed by atoms with Crippen LogP contribution in [0.25, 0.3) is 11.3 Å². The van der Waals surface area contributed by atoms with E-state index in [1.165, 1.54) is 24.3 Å². The number of benzene rings is 1. The highest BCUT2D eigenvalue weighted by molar-refractivity contribution is 6.35. The standard InChI is InChI=1S/C29H28ClFN6O4/c1-3-21(39)34-9-10-35-18(13-34)14-41-27-23(29(35)40)28(32-26(24(27)30)22-19(31)5-4-6-20(22)38)36-11-16-12-37(17-7-8-17)33-25(16)15(36)2/h3-6,12,15,17-18,38H,1,7-11,13-14H2,2H3/t15-,18+/m0/s1. The number of halogens is 2. The van der Waals surface area contributed by atoms with Crippen molar-refractivity contribution in [3.05, 3.63) is 64.7 Å². The van der Waals surface area contributed by atoms with Crippen LogP contribution in [-0.2, 0) is 11.3 Å². The van der Waals surface area contributed by atoms with Crippen LogP contribution in [0.1, 0.15) is 53.5 Å². The van der Waals surface area contributed by atoms with Gasteiger partial charge in [0.25, 0.3) is 5.91 Å². The van der Waals surface area contributed by atoms with E-state index < -0.39 is 11.9 Å². The van der Waals surface area contributed by atoms with Gasteiger partial charge in [-0.25, -0.2) is 9.37 Å². The maximum absolute atomic E-state index is 15.1. The monoisotopic (exact) mass is 578 g/mol. The number of hydrogen-bond donors (Lipinski definition) is 1. The highest BCUT2D eigenvalue weighted by Gasteiger charge is 2.43.